The minimum absolute atomic E-state index is 0.271. The number of hydrogen-bond acceptors (Lipinski definition) is 5. The summed E-state index contributed by atoms with van der Waals surface area (Å²) in [5.41, 5.74) is 0. The average Bonchev–Trinajstić information content (AvgIpc) is 2.43. The molecule has 24 heavy (non-hydrogen) atoms. The van der Waals surface area contributed by atoms with E-state index in [-0.39, 0.29) is 13.2 Å². The lowest BCUT2D eigenvalue weighted by Crippen LogP contribution is -2.54. The Bertz CT molecular complexity index is 434. The van der Waals surface area contributed by atoms with Gasteiger partial charge in [-0.15, -0.1) is 0 Å². The van der Waals surface area contributed by atoms with Crippen molar-refractivity contribution in [3.63, 3.8) is 0 Å². The summed E-state index contributed by atoms with van der Waals surface area (Å²) in [6, 6.07) is 0. The molecule has 0 aliphatic rings. The Labute approximate surface area is 132 Å². The fraction of sp³-hybridized carbons (Fsp3) is 0.833. The highest BCUT2D eigenvalue weighted by atomic mass is 19.4. The first-order valence-electron chi connectivity index (χ1n) is 6.44. The Hall–Kier alpha value is -1.59. The van der Waals surface area contributed by atoms with Crippen LogP contribution >= 0.6 is 0 Å². The monoisotopic (exact) mass is 372 g/mol. The molecule has 5 nitrogen and oxygen atoms in total. The molecule has 0 bridgehead atoms. The maximum atomic E-state index is 12.8. The second-order valence-corrected chi connectivity index (χ2v) is 4.81. The zero-order valence-electron chi connectivity index (χ0n) is 12.6. The van der Waals surface area contributed by atoms with Crippen molar-refractivity contribution in [2.24, 2.45) is 5.92 Å². The van der Waals surface area contributed by atoms with E-state index in [0.29, 0.717) is 0 Å². The maximum absolute atomic E-state index is 12.8. The van der Waals surface area contributed by atoms with Crippen LogP contribution in [-0.2, 0) is 23.8 Å². The molecule has 0 saturated carbocycles. The summed E-state index contributed by atoms with van der Waals surface area (Å²) >= 11 is 0. The van der Waals surface area contributed by atoms with Crippen LogP contribution in [0.4, 0.5) is 30.7 Å². The molecule has 142 valence electrons. The van der Waals surface area contributed by atoms with Gasteiger partial charge in [-0.05, 0) is 0 Å². The Morgan fingerprint density at radius 3 is 1.92 bits per heavy atom. The van der Waals surface area contributed by atoms with Crippen LogP contribution in [0.15, 0.2) is 0 Å². The van der Waals surface area contributed by atoms with Crippen molar-refractivity contribution in [1.82, 2.24) is 0 Å². The number of rotatable bonds is 9. The Kier molecular flexibility index (Phi) is 7.93. The lowest BCUT2D eigenvalue weighted by atomic mass is 10.2. The zero-order valence-corrected chi connectivity index (χ0v) is 12.6. The Morgan fingerprint density at radius 2 is 1.46 bits per heavy atom. The van der Waals surface area contributed by atoms with Gasteiger partial charge in [0.25, 0.3) is 0 Å². The van der Waals surface area contributed by atoms with Gasteiger partial charge in [0.15, 0.2) is 6.61 Å². The van der Waals surface area contributed by atoms with E-state index in [0.717, 1.165) is 0 Å². The molecule has 0 spiro atoms. The molecule has 0 fully saturated rings. The molecular weight excluding hydrogens is 357 g/mol. The van der Waals surface area contributed by atoms with Gasteiger partial charge in [-0.3, -0.25) is 4.79 Å². The molecule has 0 amide bonds. The van der Waals surface area contributed by atoms with Crippen molar-refractivity contribution in [3.8, 4) is 0 Å². The van der Waals surface area contributed by atoms with Gasteiger partial charge >= 0.3 is 30.0 Å². The normalized spacial score (nSPS) is 13.1. The molecular formula is C12H15F7O5. The molecule has 0 rings (SSSR count). The molecule has 0 aliphatic carbocycles. The third-order valence-electron chi connectivity index (χ3n) is 2.39. The summed E-state index contributed by atoms with van der Waals surface area (Å²) in [6.45, 7) is -0.957. The van der Waals surface area contributed by atoms with Gasteiger partial charge in [0.05, 0.1) is 12.5 Å². The topological polar surface area (TPSA) is 61.8 Å². The number of ether oxygens (including phenoxy) is 3. The minimum atomic E-state index is -6.50. The van der Waals surface area contributed by atoms with Crippen molar-refractivity contribution in [2.75, 3.05) is 26.4 Å². The summed E-state index contributed by atoms with van der Waals surface area (Å²) in [5.74, 6) is -14.5. The number of carbonyl (C=O) groups is 2. The van der Waals surface area contributed by atoms with Crippen molar-refractivity contribution >= 4 is 11.9 Å². The first-order valence-corrected chi connectivity index (χ1v) is 6.44. The average molecular weight is 372 g/mol. The molecule has 0 aliphatic heterocycles. The molecule has 0 atom stereocenters. The van der Waals surface area contributed by atoms with Gasteiger partial charge < -0.3 is 14.2 Å². The third-order valence-corrected chi connectivity index (χ3v) is 2.39. The van der Waals surface area contributed by atoms with Crippen LogP contribution in [-0.4, -0.2) is 56.4 Å². The number of halogens is 7. The van der Waals surface area contributed by atoms with Crippen molar-refractivity contribution in [1.29, 1.82) is 0 Å². The van der Waals surface area contributed by atoms with Gasteiger partial charge in [-0.25, -0.2) is 4.79 Å². The van der Waals surface area contributed by atoms with E-state index in [1.165, 1.54) is 0 Å². The van der Waals surface area contributed by atoms with Gasteiger partial charge in [0, 0.05) is 0 Å². The number of esters is 2. The first kappa shape index (κ1) is 22.4. The largest absolute Gasteiger partial charge is 0.463 e. The van der Waals surface area contributed by atoms with E-state index in [1.54, 1.807) is 13.8 Å². The van der Waals surface area contributed by atoms with E-state index >= 15 is 0 Å². The first-order chi connectivity index (χ1) is 10.7. The second-order valence-electron chi connectivity index (χ2n) is 4.81. The predicted molar refractivity (Wildman–Crippen MR) is 63.5 cm³/mol. The smallest absolute Gasteiger partial charge is 0.460 e. The Balaban J connectivity index is 4.16. The zero-order chi connectivity index (χ0) is 19.2. The molecule has 0 N–H and O–H groups in total. The van der Waals surface area contributed by atoms with E-state index in [4.69, 9.17) is 0 Å². The van der Waals surface area contributed by atoms with Gasteiger partial charge in [-0.1, -0.05) is 13.8 Å². The third kappa shape index (κ3) is 6.49. The molecule has 0 aromatic carbocycles. The quantitative estimate of drug-likeness (QED) is 0.354. The predicted octanol–water partition coefficient (Wildman–Crippen LogP) is 2.58. The van der Waals surface area contributed by atoms with Crippen LogP contribution < -0.4 is 0 Å². The van der Waals surface area contributed by atoms with Crippen LogP contribution in [0.3, 0.4) is 0 Å². The van der Waals surface area contributed by atoms with Crippen LogP contribution in [0, 0.1) is 5.92 Å². The lowest BCUT2D eigenvalue weighted by Gasteiger charge is -2.27. The highest BCUT2D eigenvalue weighted by Crippen LogP contribution is 2.46. The van der Waals surface area contributed by atoms with Crippen molar-refractivity contribution in [3.05, 3.63) is 0 Å². The Morgan fingerprint density at radius 1 is 0.917 bits per heavy atom. The van der Waals surface area contributed by atoms with E-state index < -0.39 is 49.1 Å². The van der Waals surface area contributed by atoms with Crippen LogP contribution in [0.25, 0.3) is 0 Å². The summed E-state index contributed by atoms with van der Waals surface area (Å²) in [5, 5.41) is 0. The molecule has 0 heterocycles. The summed E-state index contributed by atoms with van der Waals surface area (Å²) in [4.78, 5) is 22.0. The molecule has 0 unspecified atom stereocenters. The highest BCUT2D eigenvalue weighted by molar-refractivity contribution is 5.71. The minimum Gasteiger partial charge on any atom is -0.463 e. The van der Waals surface area contributed by atoms with Gasteiger partial charge in [0.2, 0.25) is 0 Å². The SMILES string of the molecule is CC(C)C(=O)OCCOCC(=O)OCC(F)(F)C(F)(F)C(F)(F)F. The van der Waals surface area contributed by atoms with E-state index in [2.05, 4.69) is 14.2 Å². The van der Waals surface area contributed by atoms with Crippen LogP contribution in [0.1, 0.15) is 13.8 Å². The summed E-state index contributed by atoms with van der Waals surface area (Å²) in [7, 11) is 0. The fourth-order valence-corrected chi connectivity index (χ4v) is 1.03. The fourth-order valence-electron chi connectivity index (χ4n) is 1.03. The molecule has 12 heteroatoms. The van der Waals surface area contributed by atoms with E-state index in [1.807, 2.05) is 0 Å². The van der Waals surface area contributed by atoms with Crippen LogP contribution in [0.2, 0.25) is 0 Å². The maximum Gasteiger partial charge on any atom is 0.460 e. The number of hydrogen-bond donors (Lipinski definition) is 0. The lowest BCUT2D eigenvalue weighted by molar-refractivity contribution is -0.359. The van der Waals surface area contributed by atoms with Gasteiger partial charge in [-0.2, -0.15) is 30.7 Å². The van der Waals surface area contributed by atoms with E-state index in [9.17, 15) is 40.3 Å². The molecule has 0 aromatic heterocycles. The number of carbonyl (C=O) groups excluding carboxylic acids is 2. The van der Waals surface area contributed by atoms with Gasteiger partial charge in [0.1, 0.15) is 13.2 Å². The summed E-state index contributed by atoms with van der Waals surface area (Å²) < 4.78 is 98.9. The molecule has 0 aromatic rings. The second kappa shape index (κ2) is 8.49. The summed E-state index contributed by atoms with van der Waals surface area (Å²) in [6.07, 6.45) is -6.50. The van der Waals surface area contributed by atoms with Crippen LogP contribution in [0.5, 0.6) is 0 Å². The highest BCUT2D eigenvalue weighted by Gasteiger charge is 2.73. The molecule has 0 saturated heterocycles. The van der Waals surface area contributed by atoms with Crippen molar-refractivity contribution < 1.29 is 54.5 Å². The molecule has 0 radical (unpaired) electrons. The number of alkyl halides is 7. The van der Waals surface area contributed by atoms with Crippen molar-refractivity contribution in [2.45, 2.75) is 31.9 Å². The standard InChI is InChI=1S/C12H15F7O5/c1-7(2)9(21)23-4-3-22-5-8(20)24-6-10(13,14)11(15,16)12(17,18)19/h7H,3-6H2,1-2H3.